The molecule has 0 amide bonds. The zero-order chi connectivity index (χ0) is 15.1. The van der Waals surface area contributed by atoms with Crippen LogP contribution in [-0.4, -0.2) is 86.2 Å². The molecule has 3 heterocycles. The second-order valence-electron chi connectivity index (χ2n) is 5.54. The van der Waals surface area contributed by atoms with Crippen molar-refractivity contribution in [3.63, 3.8) is 0 Å². The Balaban J connectivity index is 0.000000194. The van der Waals surface area contributed by atoms with Crippen LogP contribution in [0, 0.1) is 0 Å². The fraction of sp³-hybridized carbons (Fsp3) is 0.714. The smallest absolute Gasteiger partial charge is 0.225 e. The van der Waals surface area contributed by atoms with Crippen molar-refractivity contribution < 1.29 is 0 Å². The molecular formula is C14H25BrN6. The minimum atomic E-state index is 0.835. The molecule has 1 N–H and O–H groups in total. The Morgan fingerprint density at radius 3 is 1.90 bits per heavy atom. The van der Waals surface area contributed by atoms with E-state index in [1.54, 1.807) is 12.4 Å². The summed E-state index contributed by atoms with van der Waals surface area (Å²) in [6.45, 7) is 8.93. The molecule has 6 nitrogen and oxygen atoms in total. The minimum Gasteiger partial charge on any atom is -0.338 e. The van der Waals surface area contributed by atoms with E-state index in [0.717, 1.165) is 49.7 Å². The Bertz CT molecular complexity index is 398. The van der Waals surface area contributed by atoms with Gasteiger partial charge < -0.3 is 20.0 Å². The summed E-state index contributed by atoms with van der Waals surface area (Å²) in [5.41, 5.74) is 0. The fourth-order valence-electron chi connectivity index (χ4n) is 2.25. The summed E-state index contributed by atoms with van der Waals surface area (Å²) in [5.74, 6) is 0.835. The van der Waals surface area contributed by atoms with Crippen molar-refractivity contribution in [1.29, 1.82) is 0 Å². The van der Waals surface area contributed by atoms with Crippen LogP contribution in [0.2, 0.25) is 0 Å². The summed E-state index contributed by atoms with van der Waals surface area (Å²) < 4.78 is 0.926. The highest BCUT2D eigenvalue weighted by molar-refractivity contribution is 9.10. The summed E-state index contributed by atoms with van der Waals surface area (Å²) in [6.07, 6.45) is 3.58. The largest absolute Gasteiger partial charge is 0.338 e. The number of nitrogens with zero attached hydrogens (tertiary/aromatic N) is 5. The lowest BCUT2D eigenvalue weighted by Crippen LogP contribution is -2.45. The third-order valence-electron chi connectivity index (χ3n) is 3.73. The van der Waals surface area contributed by atoms with Gasteiger partial charge in [0.15, 0.2) is 0 Å². The maximum atomic E-state index is 4.28. The molecule has 0 bridgehead atoms. The Labute approximate surface area is 135 Å². The number of anilines is 1. The molecule has 1 aromatic heterocycles. The first-order valence-electron chi connectivity index (χ1n) is 7.45. The molecule has 0 spiro atoms. The Hall–Kier alpha value is -0.760. The molecule has 0 saturated carbocycles. The summed E-state index contributed by atoms with van der Waals surface area (Å²) in [6, 6.07) is 0. The molecule has 7 heteroatoms. The van der Waals surface area contributed by atoms with Gasteiger partial charge in [-0.2, -0.15) is 0 Å². The molecule has 0 radical (unpaired) electrons. The summed E-state index contributed by atoms with van der Waals surface area (Å²) in [4.78, 5) is 15.4. The van der Waals surface area contributed by atoms with Crippen molar-refractivity contribution >= 4 is 21.9 Å². The Morgan fingerprint density at radius 2 is 1.43 bits per heavy atom. The summed E-state index contributed by atoms with van der Waals surface area (Å²) in [5, 5.41) is 3.27. The number of likely N-dealkylation sites (N-methyl/N-ethyl adjacent to an activating group) is 2. The maximum absolute atomic E-state index is 4.28. The van der Waals surface area contributed by atoms with Crippen molar-refractivity contribution in [3.05, 3.63) is 16.9 Å². The zero-order valence-corrected chi connectivity index (χ0v) is 14.5. The molecule has 2 aliphatic rings. The second kappa shape index (κ2) is 8.63. The van der Waals surface area contributed by atoms with Gasteiger partial charge in [-0.15, -0.1) is 0 Å². The molecular weight excluding hydrogens is 332 g/mol. The molecule has 1 aromatic rings. The van der Waals surface area contributed by atoms with Gasteiger partial charge in [-0.05, 0) is 30.0 Å². The number of aromatic nitrogens is 2. The van der Waals surface area contributed by atoms with Crippen molar-refractivity contribution in [2.24, 2.45) is 0 Å². The third-order valence-corrected chi connectivity index (χ3v) is 4.14. The first kappa shape index (κ1) is 16.6. The van der Waals surface area contributed by atoms with Crippen LogP contribution in [0.15, 0.2) is 16.9 Å². The van der Waals surface area contributed by atoms with E-state index in [9.17, 15) is 0 Å². The molecule has 2 fully saturated rings. The van der Waals surface area contributed by atoms with Crippen molar-refractivity contribution in [2.45, 2.75) is 0 Å². The van der Waals surface area contributed by atoms with Crippen LogP contribution in [0.1, 0.15) is 0 Å². The SMILES string of the molecule is CN1CCN(c2ncc(Br)cn2)CC1.CN1CCNCC1. The van der Waals surface area contributed by atoms with Crippen LogP contribution in [0.5, 0.6) is 0 Å². The number of piperazine rings is 2. The van der Waals surface area contributed by atoms with E-state index >= 15 is 0 Å². The molecule has 21 heavy (non-hydrogen) atoms. The predicted molar refractivity (Wildman–Crippen MR) is 89.8 cm³/mol. The van der Waals surface area contributed by atoms with Gasteiger partial charge in [-0.25, -0.2) is 9.97 Å². The second-order valence-corrected chi connectivity index (χ2v) is 6.46. The van der Waals surface area contributed by atoms with Crippen LogP contribution in [0.25, 0.3) is 0 Å². The van der Waals surface area contributed by atoms with Gasteiger partial charge in [-0.1, -0.05) is 0 Å². The molecule has 0 aromatic carbocycles. The molecule has 0 aliphatic carbocycles. The maximum Gasteiger partial charge on any atom is 0.225 e. The van der Waals surface area contributed by atoms with Crippen molar-refractivity contribution in [1.82, 2.24) is 25.1 Å². The van der Waals surface area contributed by atoms with E-state index in [1.807, 2.05) is 0 Å². The first-order valence-corrected chi connectivity index (χ1v) is 8.25. The zero-order valence-electron chi connectivity index (χ0n) is 12.9. The monoisotopic (exact) mass is 356 g/mol. The van der Waals surface area contributed by atoms with Crippen LogP contribution >= 0.6 is 15.9 Å². The number of rotatable bonds is 1. The average molecular weight is 357 g/mol. The van der Waals surface area contributed by atoms with Crippen molar-refractivity contribution in [2.75, 3.05) is 71.4 Å². The highest BCUT2D eigenvalue weighted by Gasteiger charge is 2.15. The topological polar surface area (TPSA) is 47.5 Å². The van der Waals surface area contributed by atoms with E-state index in [2.05, 4.69) is 60.0 Å². The van der Waals surface area contributed by atoms with E-state index in [1.165, 1.54) is 13.1 Å². The standard InChI is InChI=1S/C9H13BrN4.C5H12N2/c1-13-2-4-14(5-3-13)9-11-6-8(10)7-12-9;1-7-4-2-6-3-5-7/h6-7H,2-5H2,1H3;6H,2-5H2,1H3. The van der Waals surface area contributed by atoms with Gasteiger partial charge in [-0.3, -0.25) is 0 Å². The lowest BCUT2D eigenvalue weighted by atomic mass is 10.3. The first-order chi connectivity index (χ1) is 10.1. The normalized spacial score (nSPS) is 20.8. The number of nitrogens with one attached hydrogen (secondary N) is 1. The summed E-state index contributed by atoms with van der Waals surface area (Å²) >= 11 is 3.33. The Morgan fingerprint density at radius 1 is 0.905 bits per heavy atom. The Kier molecular flexibility index (Phi) is 6.82. The average Bonchev–Trinajstić information content (AvgIpc) is 2.50. The molecule has 118 valence electrons. The van der Waals surface area contributed by atoms with E-state index < -0.39 is 0 Å². The quantitative estimate of drug-likeness (QED) is 0.791. The molecule has 0 atom stereocenters. The highest BCUT2D eigenvalue weighted by atomic mass is 79.9. The van der Waals surface area contributed by atoms with Gasteiger partial charge in [0.05, 0.1) is 4.47 Å². The van der Waals surface area contributed by atoms with Crippen LogP contribution in [0.3, 0.4) is 0 Å². The van der Waals surface area contributed by atoms with Gasteiger partial charge in [0.25, 0.3) is 0 Å². The number of halogens is 1. The van der Waals surface area contributed by atoms with Crippen molar-refractivity contribution in [3.8, 4) is 0 Å². The fourth-order valence-corrected chi connectivity index (χ4v) is 2.46. The lowest BCUT2D eigenvalue weighted by Gasteiger charge is -2.32. The van der Waals surface area contributed by atoms with Gasteiger partial charge in [0.2, 0.25) is 5.95 Å². The lowest BCUT2D eigenvalue weighted by molar-refractivity contribution is 0.291. The highest BCUT2D eigenvalue weighted by Crippen LogP contribution is 2.12. The molecule has 3 rings (SSSR count). The predicted octanol–water partition coefficient (Wildman–Crippen LogP) is 0.512. The van der Waals surface area contributed by atoms with Gasteiger partial charge >= 0.3 is 0 Å². The number of hydrogen-bond acceptors (Lipinski definition) is 6. The van der Waals surface area contributed by atoms with E-state index in [4.69, 9.17) is 0 Å². The summed E-state index contributed by atoms with van der Waals surface area (Å²) in [7, 11) is 4.29. The van der Waals surface area contributed by atoms with E-state index in [-0.39, 0.29) is 0 Å². The third kappa shape index (κ3) is 5.86. The van der Waals surface area contributed by atoms with Crippen LogP contribution in [0.4, 0.5) is 5.95 Å². The van der Waals surface area contributed by atoms with Gasteiger partial charge in [0, 0.05) is 64.8 Å². The molecule has 2 aliphatic heterocycles. The minimum absolute atomic E-state index is 0.835. The van der Waals surface area contributed by atoms with Gasteiger partial charge in [0.1, 0.15) is 0 Å². The molecule has 0 unspecified atom stereocenters. The van der Waals surface area contributed by atoms with E-state index in [0.29, 0.717) is 0 Å². The number of hydrogen-bond donors (Lipinski definition) is 1. The van der Waals surface area contributed by atoms with Crippen LogP contribution in [-0.2, 0) is 0 Å². The van der Waals surface area contributed by atoms with Crippen LogP contribution < -0.4 is 10.2 Å². The molecule has 2 saturated heterocycles.